The largest absolute Gasteiger partial charge is 0.511 e. The van der Waals surface area contributed by atoms with E-state index in [2.05, 4.69) is 10.2 Å². The lowest BCUT2D eigenvalue weighted by Crippen LogP contribution is -2.51. The zero-order valence-corrected chi connectivity index (χ0v) is 29.4. The highest BCUT2D eigenvalue weighted by molar-refractivity contribution is 7.90. The van der Waals surface area contributed by atoms with Gasteiger partial charge >= 0.3 is 21.5 Å². The number of hydrogen-bond acceptors (Lipinski definition) is 7. The summed E-state index contributed by atoms with van der Waals surface area (Å²) in [4.78, 5) is 15.0. The Labute approximate surface area is 295 Å². The summed E-state index contributed by atoms with van der Waals surface area (Å²) in [6, 6.07) is 19.3. The first-order chi connectivity index (χ1) is 22.6. The van der Waals surface area contributed by atoms with Crippen molar-refractivity contribution >= 4 is 55.7 Å². The summed E-state index contributed by atoms with van der Waals surface area (Å²) in [5, 5.41) is 14.4. The van der Waals surface area contributed by atoms with Gasteiger partial charge in [0, 0.05) is 42.8 Å². The number of anilines is 1. The molecule has 0 bridgehead atoms. The Morgan fingerprint density at radius 1 is 0.939 bits per heavy atom. The van der Waals surface area contributed by atoms with Crippen LogP contribution in [0, 0.1) is 0 Å². The minimum absolute atomic E-state index is 0. The van der Waals surface area contributed by atoms with Crippen molar-refractivity contribution in [2.45, 2.75) is 47.5 Å². The molecule has 49 heavy (non-hydrogen) atoms. The maximum Gasteiger partial charge on any atom is 0.511 e. The fourth-order valence-corrected chi connectivity index (χ4v) is 8.58. The number of benzene rings is 3. The van der Waals surface area contributed by atoms with Gasteiger partial charge in [0.15, 0.2) is 0 Å². The van der Waals surface area contributed by atoms with Crippen LogP contribution < -0.4 is 10.0 Å². The molecule has 1 saturated heterocycles. The second-order valence-electron chi connectivity index (χ2n) is 11.9. The summed E-state index contributed by atoms with van der Waals surface area (Å²) < 4.78 is 92.8. The lowest BCUT2D eigenvalue weighted by molar-refractivity contribution is -0.143. The molecule has 0 radical (unpaired) electrons. The maximum absolute atomic E-state index is 14.1. The Bertz CT molecular complexity index is 1830. The molecule has 0 aromatic heterocycles. The highest BCUT2D eigenvalue weighted by atomic mass is 35.5. The Hall–Kier alpha value is -2.92. The van der Waals surface area contributed by atoms with Gasteiger partial charge in [-0.2, -0.15) is 17.5 Å². The number of halogens is 5. The summed E-state index contributed by atoms with van der Waals surface area (Å²) in [5.41, 5.74) is -5.12. The smallest absolute Gasteiger partial charge is 0.480 e. The van der Waals surface area contributed by atoms with Crippen LogP contribution >= 0.6 is 24.0 Å². The summed E-state index contributed by atoms with van der Waals surface area (Å²) >= 11 is 5.96. The van der Waals surface area contributed by atoms with Gasteiger partial charge in [-0.1, -0.05) is 54.4 Å². The molecule has 268 valence electrons. The maximum atomic E-state index is 14.1. The SMILES string of the molecule is Cl.O=C(O)C1(N(CCNS(=O)(=O)C(F)(F)F)S(=O)(=O)c2ccc(-c3ccc(Cl)cc3)cc2)CC1c1cccc(NCCN2CCCCC2)c1. The van der Waals surface area contributed by atoms with Crippen LogP contribution in [-0.2, 0) is 24.8 Å². The third-order valence-electron chi connectivity index (χ3n) is 8.77. The van der Waals surface area contributed by atoms with Crippen LogP contribution in [0.25, 0.3) is 11.1 Å². The average molecular weight is 766 g/mol. The molecule has 1 saturated carbocycles. The van der Waals surface area contributed by atoms with Gasteiger partial charge in [0.1, 0.15) is 5.54 Å². The molecular weight excluding hydrogens is 728 g/mol. The highest BCUT2D eigenvalue weighted by Crippen LogP contribution is 2.57. The minimum Gasteiger partial charge on any atom is -0.480 e. The van der Waals surface area contributed by atoms with Crippen molar-refractivity contribution in [3.8, 4) is 11.1 Å². The predicted octanol–water partition coefficient (Wildman–Crippen LogP) is 5.77. The lowest BCUT2D eigenvalue weighted by Gasteiger charge is -2.30. The molecule has 2 atom stereocenters. The number of carbonyl (C=O) groups is 1. The first-order valence-electron chi connectivity index (χ1n) is 15.4. The van der Waals surface area contributed by atoms with E-state index >= 15 is 0 Å². The van der Waals surface area contributed by atoms with E-state index in [0.29, 0.717) is 32.7 Å². The number of hydrogen-bond donors (Lipinski definition) is 3. The van der Waals surface area contributed by atoms with Crippen molar-refractivity contribution in [3.05, 3.63) is 83.4 Å². The number of rotatable bonds is 14. The van der Waals surface area contributed by atoms with Crippen molar-refractivity contribution in [2.24, 2.45) is 0 Å². The predicted molar refractivity (Wildman–Crippen MR) is 184 cm³/mol. The van der Waals surface area contributed by atoms with Crippen LogP contribution in [0.1, 0.15) is 37.2 Å². The molecule has 2 aliphatic rings. The van der Waals surface area contributed by atoms with Gasteiger partial charge in [0.05, 0.1) is 4.90 Å². The third-order valence-corrected chi connectivity index (χ3v) is 12.2. The monoisotopic (exact) mass is 764 g/mol. The summed E-state index contributed by atoms with van der Waals surface area (Å²) in [6.45, 7) is 1.64. The number of carboxylic acids is 1. The normalized spacial score (nSPS) is 20.1. The van der Waals surface area contributed by atoms with Crippen molar-refractivity contribution in [1.82, 2.24) is 13.9 Å². The molecule has 0 amide bonds. The molecule has 1 heterocycles. The molecule has 10 nitrogen and oxygen atoms in total. The number of likely N-dealkylation sites (tertiary alicyclic amines) is 1. The van der Waals surface area contributed by atoms with E-state index in [1.54, 1.807) is 42.5 Å². The van der Waals surface area contributed by atoms with E-state index in [4.69, 9.17) is 11.6 Å². The fourth-order valence-electron chi connectivity index (χ4n) is 6.16. The van der Waals surface area contributed by atoms with E-state index in [1.807, 2.05) is 6.07 Å². The number of nitrogens with one attached hydrogen (secondary N) is 2. The second kappa shape index (κ2) is 15.5. The van der Waals surface area contributed by atoms with E-state index in [9.17, 15) is 39.9 Å². The van der Waals surface area contributed by atoms with Gasteiger partial charge in [-0.15, -0.1) is 12.4 Å². The van der Waals surface area contributed by atoms with Gasteiger partial charge < -0.3 is 15.3 Å². The molecule has 3 aromatic carbocycles. The molecule has 2 unspecified atom stereocenters. The first kappa shape index (κ1) is 38.9. The molecular formula is C32H37Cl2F3N4O6S2. The minimum atomic E-state index is -5.82. The number of alkyl halides is 3. The third kappa shape index (κ3) is 8.70. The average Bonchev–Trinajstić information content (AvgIpc) is 3.80. The quantitative estimate of drug-likeness (QED) is 0.189. The van der Waals surface area contributed by atoms with Gasteiger partial charge in [-0.25, -0.2) is 21.6 Å². The molecule has 0 spiro atoms. The van der Waals surface area contributed by atoms with Gasteiger partial charge in [0.2, 0.25) is 10.0 Å². The zero-order valence-electron chi connectivity index (χ0n) is 26.2. The number of carboxylic acid groups (broad SMARTS) is 1. The molecule has 17 heteroatoms. The summed E-state index contributed by atoms with van der Waals surface area (Å²) in [5.74, 6) is -2.36. The van der Waals surface area contributed by atoms with Crippen LogP contribution in [0.4, 0.5) is 18.9 Å². The molecule has 3 aromatic rings. The van der Waals surface area contributed by atoms with Gasteiger partial charge in [0.25, 0.3) is 0 Å². The van der Waals surface area contributed by atoms with Crippen LogP contribution in [0.3, 0.4) is 0 Å². The Kier molecular flexibility index (Phi) is 12.3. The van der Waals surface area contributed by atoms with Crippen molar-refractivity contribution in [2.75, 3.05) is 44.6 Å². The topological polar surface area (TPSA) is 136 Å². The molecule has 2 fully saturated rings. The van der Waals surface area contributed by atoms with E-state index in [0.717, 1.165) is 38.0 Å². The number of aliphatic carboxylic acids is 1. The van der Waals surface area contributed by atoms with Gasteiger partial charge in [-0.05, 0) is 85.4 Å². The Balaban J connectivity index is 0.00000541. The number of piperidine rings is 1. The standard InChI is InChI=1S/C32H36ClF3N4O6S2.ClH/c33-26-11-7-23(8-12-26)24-9-13-28(14-10-24)47(43,44)40(20-16-38-48(45,46)32(34,35)36)31(30(41)42)22-29(31)25-5-4-6-27(21-25)37-15-19-39-17-2-1-3-18-39;/h4-14,21,29,37-38H,1-3,15-20,22H2,(H,41,42);1H. The van der Waals surface area contributed by atoms with E-state index < -0.39 is 56.1 Å². The van der Waals surface area contributed by atoms with E-state index in [1.165, 1.54) is 35.4 Å². The van der Waals surface area contributed by atoms with Crippen LogP contribution in [0.2, 0.25) is 5.02 Å². The van der Waals surface area contributed by atoms with Crippen molar-refractivity contribution in [1.29, 1.82) is 0 Å². The molecule has 5 rings (SSSR count). The lowest BCUT2D eigenvalue weighted by atomic mass is 10.0. The number of nitrogens with zero attached hydrogens (tertiary/aromatic N) is 2. The Morgan fingerprint density at radius 3 is 2.14 bits per heavy atom. The van der Waals surface area contributed by atoms with Crippen LogP contribution in [0.5, 0.6) is 0 Å². The summed E-state index contributed by atoms with van der Waals surface area (Å²) in [7, 11) is -10.5. The van der Waals surface area contributed by atoms with Crippen molar-refractivity contribution < 1.29 is 39.9 Å². The summed E-state index contributed by atoms with van der Waals surface area (Å²) in [6.07, 6.45) is 3.35. The van der Waals surface area contributed by atoms with Crippen molar-refractivity contribution in [3.63, 3.8) is 0 Å². The molecule has 3 N–H and O–H groups in total. The van der Waals surface area contributed by atoms with Crippen LogP contribution in [0.15, 0.2) is 77.7 Å². The highest BCUT2D eigenvalue weighted by Gasteiger charge is 2.68. The molecule has 1 aliphatic heterocycles. The Morgan fingerprint density at radius 2 is 1.55 bits per heavy atom. The van der Waals surface area contributed by atoms with E-state index in [-0.39, 0.29) is 23.7 Å². The molecule has 1 aliphatic carbocycles. The van der Waals surface area contributed by atoms with Gasteiger partial charge in [-0.3, -0.25) is 4.79 Å². The fraction of sp³-hybridized carbons (Fsp3) is 0.406. The second-order valence-corrected chi connectivity index (χ2v) is 15.9. The van der Waals surface area contributed by atoms with Crippen LogP contribution in [-0.4, -0.2) is 87.4 Å². The first-order valence-corrected chi connectivity index (χ1v) is 18.7. The zero-order chi connectivity index (χ0) is 34.7. The number of sulfonamides is 2.